The van der Waals surface area contributed by atoms with Crippen molar-refractivity contribution < 1.29 is 56.8 Å². The van der Waals surface area contributed by atoms with Crippen LogP contribution in [-0.2, 0) is 18.2 Å². The Balaban J connectivity index is 0.000000780. The summed E-state index contributed by atoms with van der Waals surface area (Å²) in [6, 6.07) is 7.58. The molecule has 0 radical (unpaired) electrons. The summed E-state index contributed by atoms with van der Waals surface area (Å²) in [5.41, 5.74) is 4.68. The fourth-order valence-electron chi connectivity index (χ4n) is 3.12. The molecule has 0 aliphatic heterocycles. The highest BCUT2D eigenvalue weighted by molar-refractivity contribution is 7.43. The zero-order valence-corrected chi connectivity index (χ0v) is 25.8. The zero-order valence-electron chi connectivity index (χ0n) is 24.0. The lowest BCUT2D eigenvalue weighted by atomic mass is 10.0. The van der Waals surface area contributed by atoms with Crippen LogP contribution in [0, 0.1) is 13.8 Å². The molecule has 2 rings (SSSR count). The Morgan fingerprint density at radius 2 is 1.20 bits per heavy atom. The van der Waals surface area contributed by atoms with Gasteiger partial charge in [0, 0.05) is 0 Å². The van der Waals surface area contributed by atoms with Gasteiger partial charge in [0.1, 0.15) is 5.75 Å². The van der Waals surface area contributed by atoms with Gasteiger partial charge in [-0.1, -0.05) is 18.2 Å². The largest absolute Gasteiger partial charge is 0.790 e. The van der Waals surface area contributed by atoms with Gasteiger partial charge in [0.25, 0.3) is 0 Å². The van der Waals surface area contributed by atoms with Gasteiger partial charge >= 0.3 is 0 Å². The molecule has 0 spiro atoms. The molecule has 12 nitrogen and oxygen atoms in total. The third kappa shape index (κ3) is 14.7. The van der Waals surface area contributed by atoms with Gasteiger partial charge in [0.2, 0.25) is 0 Å². The minimum Gasteiger partial charge on any atom is -0.790 e. The van der Waals surface area contributed by atoms with Crippen LogP contribution >= 0.6 is 15.6 Å². The fourth-order valence-corrected chi connectivity index (χ4v) is 4.15. The van der Waals surface area contributed by atoms with Crippen molar-refractivity contribution in [2.75, 3.05) is 21.3 Å². The number of rotatable bonds is 10. The van der Waals surface area contributed by atoms with Crippen molar-refractivity contribution in [1.82, 2.24) is 0 Å². The molecule has 14 heteroatoms. The summed E-state index contributed by atoms with van der Waals surface area (Å²) in [4.78, 5) is 50.0. The van der Waals surface area contributed by atoms with E-state index < -0.39 is 27.9 Å². The Morgan fingerprint density at radius 3 is 1.55 bits per heavy atom. The van der Waals surface area contributed by atoms with Gasteiger partial charge in [0.15, 0.2) is 17.8 Å². The molecule has 0 N–H and O–H groups in total. The average molecular weight is 603 g/mol. The van der Waals surface area contributed by atoms with Crippen LogP contribution in [0.1, 0.15) is 60.3 Å². The van der Waals surface area contributed by atoms with E-state index in [9.17, 15) is 33.5 Å². The van der Waals surface area contributed by atoms with E-state index in [1.807, 2.05) is 37.3 Å². The van der Waals surface area contributed by atoms with Crippen LogP contribution in [0.15, 0.2) is 24.3 Å². The number of carbonyl (C=O) groups is 1. The predicted octanol–water partition coefficient (Wildman–Crippen LogP) is 2.79. The van der Waals surface area contributed by atoms with Crippen molar-refractivity contribution in [2.45, 2.75) is 53.8 Å². The van der Waals surface area contributed by atoms with E-state index in [1.54, 1.807) is 20.3 Å². The molecule has 0 aliphatic rings. The van der Waals surface area contributed by atoms with Gasteiger partial charge in [-0.05, 0) is 82.0 Å². The van der Waals surface area contributed by atoms with Crippen LogP contribution in [0.4, 0.5) is 0 Å². The van der Waals surface area contributed by atoms with E-state index >= 15 is 0 Å². The molecule has 0 amide bonds. The van der Waals surface area contributed by atoms with E-state index in [2.05, 4.69) is 16.0 Å². The second kappa shape index (κ2) is 17.3. The Morgan fingerprint density at radius 1 is 0.700 bits per heavy atom. The van der Waals surface area contributed by atoms with E-state index in [4.69, 9.17) is 14.2 Å². The first-order chi connectivity index (χ1) is 18.4. The molecular formula is C26H36O12P2-4. The number of hydrogen-bond donors (Lipinski definition) is 0. The molecule has 0 saturated carbocycles. The van der Waals surface area contributed by atoms with Crippen LogP contribution in [0.5, 0.6) is 17.2 Å². The first-order valence-corrected chi connectivity index (χ1v) is 14.8. The summed E-state index contributed by atoms with van der Waals surface area (Å²) in [7, 11) is -4.70. The van der Waals surface area contributed by atoms with Crippen LogP contribution in [0.3, 0.4) is 0 Å². The van der Waals surface area contributed by atoms with Gasteiger partial charge in [-0.2, -0.15) is 0 Å². The number of phosphoric acid groups is 2. The Labute approximate surface area is 235 Å². The number of benzene rings is 2. The number of ether oxygens (including phenoxy) is 3. The molecular weight excluding hydrogens is 566 g/mol. The van der Waals surface area contributed by atoms with E-state index in [0.717, 1.165) is 34.3 Å². The molecule has 0 saturated heterocycles. The van der Waals surface area contributed by atoms with E-state index in [-0.39, 0.29) is 0 Å². The lowest BCUT2D eigenvalue weighted by Crippen LogP contribution is -2.19. The van der Waals surface area contributed by atoms with Crippen molar-refractivity contribution in [3.63, 3.8) is 0 Å². The zero-order chi connectivity index (χ0) is 31.3. The van der Waals surface area contributed by atoms with Crippen molar-refractivity contribution in [3.05, 3.63) is 52.1 Å². The summed E-state index contributed by atoms with van der Waals surface area (Å²) in [6.07, 6.45) is 3.63. The Kier molecular flexibility index (Phi) is 16.2. The van der Waals surface area contributed by atoms with Gasteiger partial charge in [-0.25, -0.2) is 0 Å². The van der Waals surface area contributed by atoms with Gasteiger partial charge in [0.05, 0.1) is 54.7 Å². The van der Waals surface area contributed by atoms with Crippen molar-refractivity contribution >= 4 is 34.1 Å². The highest BCUT2D eigenvalue weighted by Gasteiger charge is 2.11. The van der Waals surface area contributed by atoms with Crippen molar-refractivity contribution in [2.24, 2.45) is 0 Å². The summed E-state index contributed by atoms with van der Waals surface area (Å²) in [6.45, 7) is 9.99. The number of phosphoric ester groups is 2. The summed E-state index contributed by atoms with van der Waals surface area (Å²) in [5, 5.41) is 0. The number of hydrogen-bond acceptors (Lipinski definition) is 12. The lowest BCUT2D eigenvalue weighted by molar-refractivity contribution is -0.346. The molecule has 0 unspecified atom stereocenters. The molecule has 0 atom stereocenters. The summed E-state index contributed by atoms with van der Waals surface area (Å²) >= 11 is 0. The second-order valence-corrected chi connectivity index (χ2v) is 10.8. The normalized spacial score (nSPS) is 11.5. The third-order valence-electron chi connectivity index (χ3n) is 4.79. The smallest absolute Gasteiger partial charge is 0.171 e. The molecule has 0 aromatic heterocycles. The maximum atomic E-state index is 11.3. The first kappa shape index (κ1) is 37.5. The molecule has 0 fully saturated rings. The quantitative estimate of drug-likeness (QED) is 0.220. The molecule has 0 bridgehead atoms. The summed E-state index contributed by atoms with van der Waals surface area (Å²) in [5.74, 6) is 1.85. The molecule has 2 aromatic carbocycles. The van der Waals surface area contributed by atoms with Gasteiger partial charge in [-0.3, -0.25) is 4.79 Å². The highest BCUT2D eigenvalue weighted by Crippen LogP contribution is 2.33. The number of aldehydes is 1. The Bertz CT molecular complexity index is 1180. The van der Waals surface area contributed by atoms with Crippen molar-refractivity contribution in [1.29, 1.82) is 0 Å². The number of carbonyl (C=O) groups excluding carboxylic acids is 1. The Hall–Kier alpha value is -2.53. The van der Waals surface area contributed by atoms with E-state index in [0.29, 0.717) is 17.1 Å². The van der Waals surface area contributed by atoms with Crippen LogP contribution < -0.4 is 33.8 Å². The average Bonchev–Trinajstić information content (AvgIpc) is 2.81. The maximum absolute atomic E-state index is 11.3. The van der Waals surface area contributed by atoms with Gasteiger partial charge in [-0.15, -0.1) is 0 Å². The molecule has 226 valence electrons. The minimum atomic E-state index is -4.72. The minimum absolute atomic E-state index is 0.445. The summed E-state index contributed by atoms with van der Waals surface area (Å²) < 4.78 is 43.0. The standard InChI is InChI=1S/C20H22O4.2C3H9O4P/c1-13-14(2)18(22-3)9-8-16(13)7-6-15-10-17(12-21)20(24-5)19(11-15)23-4;2*1-3(2)7-8(4,5)6/h6-12H,1-5H3;2*3H,1-2H3,(H2,4,5,6)/p-4/b7-6-;;. The van der Waals surface area contributed by atoms with Crippen molar-refractivity contribution in [3.8, 4) is 17.2 Å². The molecule has 40 heavy (non-hydrogen) atoms. The highest BCUT2D eigenvalue weighted by atomic mass is 31.2. The maximum Gasteiger partial charge on any atom is 0.171 e. The topological polar surface area (TPSA) is 190 Å². The number of methoxy groups -OCH3 is 3. The molecule has 0 heterocycles. The second-order valence-electron chi connectivity index (χ2n) is 8.61. The SMILES string of the molecule is CC(C)OP(=O)([O-])[O-].CC(C)OP(=O)([O-])[O-].COc1ccc(/C=C\c2cc(C=O)c(OC)c(OC)c2)c(C)c1C. The molecule has 0 aliphatic carbocycles. The molecule has 2 aromatic rings. The van der Waals surface area contributed by atoms with E-state index in [1.165, 1.54) is 34.8 Å². The third-order valence-corrected chi connectivity index (χ3v) is 6.15. The first-order valence-electron chi connectivity index (χ1n) is 11.8. The van der Waals surface area contributed by atoms with Crippen LogP contribution in [-0.4, -0.2) is 39.8 Å². The van der Waals surface area contributed by atoms with Gasteiger partial charge < -0.3 is 52.0 Å². The van der Waals surface area contributed by atoms with Crippen LogP contribution in [0.2, 0.25) is 0 Å². The lowest BCUT2D eigenvalue weighted by Gasteiger charge is -2.30. The fraction of sp³-hybridized carbons (Fsp3) is 0.423. The monoisotopic (exact) mass is 602 g/mol. The predicted molar refractivity (Wildman–Crippen MR) is 144 cm³/mol. The van der Waals surface area contributed by atoms with Crippen LogP contribution in [0.25, 0.3) is 12.2 Å².